The van der Waals surface area contributed by atoms with E-state index in [0.29, 0.717) is 16.6 Å². The van der Waals surface area contributed by atoms with Gasteiger partial charge in [-0.15, -0.1) is 15.3 Å². The Kier molecular flexibility index (Phi) is 7.60. The summed E-state index contributed by atoms with van der Waals surface area (Å²) in [5.74, 6) is -0.371. The van der Waals surface area contributed by atoms with E-state index >= 15 is 0 Å². The number of aromatic amines is 1. The van der Waals surface area contributed by atoms with Crippen LogP contribution in [0.4, 0.5) is 5.69 Å². The quantitative estimate of drug-likeness (QED) is 0.303. The second kappa shape index (κ2) is 9.60. The minimum atomic E-state index is -0.511. The van der Waals surface area contributed by atoms with Crippen LogP contribution in [0.25, 0.3) is 10.9 Å². The lowest BCUT2D eigenvalue weighted by Crippen LogP contribution is -2.60. The zero-order chi connectivity index (χ0) is 29.1. The molecule has 0 aliphatic heterocycles. The Labute approximate surface area is 235 Å². The molecule has 1 amide bonds. The normalized spacial score (nSPS) is 13.3. The van der Waals surface area contributed by atoms with E-state index < -0.39 is 11.3 Å². The molecule has 0 saturated carbocycles. The number of aromatic hydroxyl groups is 1. The van der Waals surface area contributed by atoms with Gasteiger partial charge >= 0.3 is 0 Å². The summed E-state index contributed by atoms with van der Waals surface area (Å²) in [4.78, 5) is 29.6. The number of fused-ring (bicyclic) bond motifs is 1. The average Bonchev–Trinajstić information content (AvgIpc) is 2.72. The van der Waals surface area contributed by atoms with Gasteiger partial charge in [0.25, 0.3) is 5.91 Å². The van der Waals surface area contributed by atoms with Gasteiger partial charge in [0.2, 0.25) is 5.43 Å². The van der Waals surface area contributed by atoms with Crippen molar-refractivity contribution in [1.82, 2.24) is 4.98 Å². The molecule has 5 nitrogen and oxygen atoms in total. The molecule has 0 bridgehead atoms. The molecule has 3 aromatic rings. The van der Waals surface area contributed by atoms with Crippen LogP contribution in [0, 0.1) is 0 Å². The van der Waals surface area contributed by atoms with Crippen molar-refractivity contribution in [2.75, 3.05) is 5.32 Å². The Morgan fingerprint density at radius 1 is 0.842 bits per heavy atom. The topological polar surface area (TPSA) is 82.2 Å². The number of rotatable bonds is 6. The maximum Gasteiger partial charge on any atom is 0.261 e. The Hall–Kier alpha value is -2.50. The summed E-state index contributed by atoms with van der Waals surface area (Å²) in [6.07, 6.45) is 1.45. The number of carbonyl (C=O) groups is 1. The molecule has 2 aromatic carbocycles. The second-order valence-electron chi connectivity index (χ2n) is 14.7. The highest BCUT2D eigenvalue weighted by molar-refractivity contribution is 6.70. The summed E-state index contributed by atoms with van der Waals surface area (Å²) < 4.78 is 0. The molecule has 0 fully saturated rings. The first-order valence-electron chi connectivity index (χ1n) is 13.4. The van der Waals surface area contributed by atoms with Gasteiger partial charge in [-0.1, -0.05) is 32.9 Å². The lowest BCUT2D eigenvalue weighted by atomic mass is 9.09. The number of anilines is 1. The number of phenolic OH excluding ortho intramolecular Hbond substituents is 1. The van der Waals surface area contributed by atoms with E-state index in [2.05, 4.69) is 108 Å². The van der Waals surface area contributed by atoms with Gasteiger partial charge < -0.3 is 15.4 Å². The van der Waals surface area contributed by atoms with E-state index in [1.807, 2.05) is 6.07 Å². The number of hydrogen-bond donors (Lipinski definition) is 3. The van der Waals surface area contributed by atoms with Crippen molar-refractivity contribution in [2.45, 2.75) is 46.9 Å². The number of hydrogen-bond acceptors (Lipinski definition) is 3. The molecule has 0 aliphatic carbocycles. The lowest BCUT2D eigenvalue weighted by Gasteiger charge is -2.64. The molecule has 1 aromatic heterocycles. The number of benzene rings is 2. The third-order valence-electron chi connectivity index (χ3n) is 8.00. The highest BCUT2D eigenvalue weighted by Crippen LogP contribution is 2.64. The molecule has 0 saturated heterocycles. The van der Waals surface area contributed by atoms with E-state index in [-0.39, 0.29) is 37.5 Å². The SMILES string of the molecule is BC(B)(B)C(c1cc(C(C)(C)C)c(NC(=O)c2c[nH]c3ccccc3c2=O)cc1O)(C(B)(B)B)C(B)(B)B. The van der Waals surface area contributed by atoms with Gasteiger partial charge in [0, 0.05) is 28.9 Å². The highest BCUT2D eigenvalue weighted by Gasteiger charge is 2.57. The first-order chi connectivity index (χ1) is 17.1. The summed E-state index contributed by atoms with van der Waals surface area (Å²) in [6.45, 7) is 6.28. The number of pyridine rings is 1. The zero-order valence-corrected chi connectivity index (χ0v) is 25.3. The summed E-state index contributed by atoms with van der Waals surface area (Å²) in [5.41, 5.74) is 1.86. The third kappa shape index (κ3) is 4.96. The largest absolute Gasteiger partial charge is 0.508 e. The minimum Gasteiger partial charge on any atom is -0.508 e. The first-order valence-corrected chi connectivity index (χ1v) is 13.4. The first kappa shape index (κ1) is 30.1. The maximum absolute atomic E-state index is 13.4. The molecule has 3 rings (SSSR count). The molecular weight excluding hydrogens is 462 g/mol. The molecule has 0 radical (unpaired) electrons. The van der Waals surface area contributed by atoms with E-state index in [9.17, 15) is 14.7 Å². The predicted molar refractivity (Wildman–Crippen MR) is 186 cm³/mol. The van der Waals surface area contributed by atoms with Crippen LogP contribution in [0.2, 0.25) is 15.3 Å². The zero-order valence-electron chi connectivity index (χ0n) is 25.3. The van der Waals surface area contributed by atoms with Gasteiger partial charge in [-0.2, -0.15) is 0 Å². The molecule has 188 valence electrons. The Bertz CT molecular complexity index is 1410. The highest BCUT2D eigenvalue weighted by atomic mass is 16.3. The molecular formula is C24H37B9N2O3. The monoisotopic (exact) mass is 500 g/mol. The standard InChI is InChI=1S/C24H37B9N2O3/c1-20(2,3)13-8-14(21(22(25,26)27,23(28,29)30)24(31,32)33)17(36)9-16(13)35-19(38)12-10-34-15-7-5-4-6-11(15)18(12)37/h4-10,36H,25-33H2,1-3H3,(H,34,37)(H,35,38). The summed E-state index contributed by atoms with van der Waals surface area (Å²) in [7, 11) is 20.1. The van der Waals surface area contributed by atoms with Crippen molar-refractivity contribution in [2.24, 2.45) is 0 Å². The van der Waals surface area contributed by atoms with Gasteiger partial charge in [0.1, 0.15) is 11.3 Å². The van der Waals surface area contributed by atoms with Crippen LogP contribution in [-0.2, 0) is 10.8 Å². The maximum atomic E-state index is 13.4. The van der Waals surface area contributed by atoms with Crippen molar-refractivity contribution < 1.29 is 9.90 Å². The Morgan fingerprint density at radius 3 is 1.87 bits per heavy atom. The number of amides is 1. The van der Waals surface area contributed by atoms with Crippen LogP contribution in [-0.4, -0.2) is 86.6 Å². The van der Waals surface area contributed by atoms with E-state index in [0.717, 1.165) is 11.1 Å². The van der Waals surface area contributed by atoms with Gasteiger partial charge in [0.05, 0.1) is 70.6 Å². The third-order valence-corrected chi connectivity index (χ3v) is 8.00. The Balaban J connectivity index is 2.27. The van der Waals surface area contributed by atoms with E-state index in [4.69, 9.17) is 0 Å². The van der Waals surface area contributed by atoms with Crippen molar-refractivity contribution in [1.29, 1.82) is 0 Å². The Morgan fingerprint density at radius 2 is 1.37 bits per heavy atom. The fraction of sp³-hybridized carbons (Fsp3) is 0.333. The van der Waals surface area contributed by atoms with Crippen LogP contribution < -0.4 is 10.7 Å². The molecule has 0 unspecified atom stereocenters. The van der Waals surface area contributed by atoms with E-state index in [1.54, 1.807) is 24.3 Å². The van der Waals surface area contributed by atoms with Gasteiger partial charge in [-0.25, -0.2) is 0 Å². The molecule has 0 aliphatic rings. The fourth-order valence-corrected chi connectivity index (χ4v) is 7.73. The number of carbonyl (C=O) groups excluding carboxylic acids is 1. The van der Waals surface area contributed by atoms with E-state index in [1.165, 1.54) is 6.20 Å². The second-order valence-corrected chi connectivity index (χ2v) is 14.7. The summed E-state index contributed by atoms with van der Waals surface area (Å²) >= 11 is 0. The molecule has 38 heavy (non-hydrogen) atoms. The smallest absolute Gasteiger partial charge is 0.261 e. The van der Waals surface area contributed by atoms with Gasteiger partial charge in [0.15, 0.2) is 0 Å². The van der Waals surface area contributed by atoms with Crippen LogP contribution in [0.5, 0.6) is 5.75 Å². The minimum absolute atomic E-state index is 0.0283. The number of para-hydroxylation sites is 1. The molecule has 0 spiro atoms. The fourth-order valence-electron chi connectivity index (χ4n) is 7.73. The number of H-pyrrole nitrogens is 1. The van der Waals surface area contributed by atoms with Crippen LogP contribution in [0.15, 0.2) is 47.4 Å². The van der Waals surface area contributed by atoms with Crippen molar-refractivity contribution in [3.8, 4) is 5.75 Å². The number of nitrogens with one attached hydrogen (secondary N) is 2. The van der Waals surface area contributed by atoms with Crippen LogP contribution in [0.1, 0.15) is 42.3 Å². The van der Waals surface area contributed by atoms with Crippen molar-refractivity contribution in [3.63, 3.8) is 0 Å². The molecule has 3 N–H and O–H groups in total. The molecule has 0 atom stereocenters. The predicted octanol–water partition coefficient (Wildman–Crippen LogP) is -4.06. The summed E-state index contributed by atoms with van der Waals surface area (Å²) in [6, 6.07) is 10.9. The van der Waals surface area contributed by atoms with Gasteiger partial charge in [-0.3, -0.25) is 9.59 Å². The van der Waals surface area contributed by atoms with Gasteiger partial charge in [-0.05, 0) is 40.2 Å². The molecule has 14 heteroatoms. The average molecular weight is 499 g/mol. The molecule has 1 heterocycles. The van der Waals surface area contributed by atoms with Crippen LogP contribution in [0.3, 0.4) is 0 Å². The van der Waals surface area contributed by atoms with Crippen molar-refractivity contribution in [3.05, 3.63) is 69.5 Å². The van der Waals surface area contributed by atoms with Crippen LogP contribution >= 0.6 is 0 Å². The van der Waals surface area contributed by atoms with Crippen molar-refractivity contribution >= 4 is 93.1 Å². The number of phenols is 1. The number of aromatic nitrogens is 1. The lowest BCUT2D eigenvalue weighted by molar-refractivity contribution is 0.102. The summed E-state index contributed by atoms with van der Waals surface area (Å²) in [5, 5.41) is 14.5.